The fourth-order valence-corrected chi connectivity index (χ4v) is 3.74. The summed E-state index contributed by atoms with van der Waals surface area (Å²) >= 11 is 0. The molecular weight excluding hydrogens is 294 g/mol. The first-order chi connectivity index (χ1) is 11.7. The van der Waals surface area contributed by atoms with Crippen LogP contribution >= 0.6 is 0 Å². The van der Waals surface area contributed by atoms with Crippen LogP contribution in [0.2, 0.25) is 0 Å². The Labute approximate surface area is 143 Å². The van der Waals surface area contributed by atoms with Crippen LogP contribution in [0, 0.1) is 13.8 Å². The summed E-state index contributed by atoms with van der Waals surface area (Å²) in [4.78, 5) is 10.9. The molecule has 24 heavy (non-hydrogen) atoms. The maximum Gasteiger partial charge on any atom is 0.110 e. The molecule has 1 aromatic heterocycles. The summed E-state index contributed by atoms with van der Waals surface area (Å²) in [6.07, 6.45) is 2.37. The lowest BCUT2D eigenvalue weighted by Crippen LogP contribution is -2.33. The van der Waals surface area contributed by atoms with E-state index in [1.165, 1.54) is 35.4 Å². The maximum absolute atomic E-state index is 4.80. The first-order valence-corrected chi connectivity index (χ1v) is 8.92. The first kappa shape index (κ1) is 15.4. The van der Waals surface area contributed by atoms with Gasteiger partial charge in [-0.05, 0) is 63.0 Å². The van der Waals surface area contributed by atoms with E-state index in [1.54, 1.807) is 0 Å². The Balaban J connectivity index is 1.42. The molecule has 124 valence electrons. The van der Waals surface area contributed by atoms with E-state index in [9.17, 15) is 0 Å². The lowest BCUT2D eigenvalue weighted by Gasteiger charge is -2.31. The predicted molar refractivity (Wildman–Crippen MR) is 99.3 cm³/mol. The number of para-hydroxylation sites is 2. The van der Waals surface area contributed by atoms with Crippen molar-refractivity contribution in [2.24, 2.45) is 0 Å². The smallest absolute Gasteiger partial charge is 0.110 e. The molecule has 3 nitrogen and oxygen atoms in total. The highest BCUT2D eigenvalue weighted by molar-refractivity contribution is 5.74. The van der Waals surface area contributed by atoms with Crippen LogP contribution in [-0.4, -0.2) is 28.0 Å². The molecule has 0 saturated carbocycles. The van der Waals surface area contributed by atoms with Gasteiger partial charge in [-0.3, -0.25) is 4.90 Å². The van der Waals surface area contributed by atoms with Crippen molar-refractivity contribution in [3.8, 4) is 0 Å². The summed E-state index contributed by atoms with van der Waals surface area (Å²) in [6.45, 7) is 7.76. The topological polar surface area (TPSA) is 31.9 Å². The van der Waals surface area contributed by atoms with Gasteiger partial charge in [0.25, 0.3) is 0 Å². The van der Waals surface area contributed by atoms with Crippen molar-refractivity contribution in [2.45, 2.75) is 39.2 Å². The second kappa shape index (κ2) is 6.40. The number of aromatic nitrogens is 2. The zero-order chi connectivity index (χ0) is 16.5. The van der Waals surface area contributed by atoms with Crippen molar-refractivity contribution in [3.63, 3.8) is 0 Å². The van der Waals surface area contributed by atoms with Gasteiger partial charge < -0.3 is 4.98 Å². The molecule has 3 heteroatoms. The second-order valence-corrected chi connectivity index (χ2v) is 7.12. The molecule has 1 aliphatic heterocycles. The number of nitrogens with zero attached hydrogens (tertiary/aromatic N) is 2. The van der Waals surface area contributed by atoms with Crippen LogP contribution in [0.15, 0.2) is 42.5 Å². The van der Waals surface area contributed by atoms with E-state index < -0.39 is 0 Å². The number of likely N-dealkylation sites (tertiary alicyclic amines) is 1. The molecule has 0 bridgehead atoms. The van der Waals surface area contributed by atoms with Crippen molar-refractivity contribution < 1.29 is 0 Å². The Morgan fingerprint density at radius 2 is 1.88 bits per heavy atom. The third-order valence-corrected chi connectivity index (χ3v) is 5.28. The Bertz CT molecular complexity index is 808. The number of fused-ring (bicyclic) bond motifs is 1. The van der Waals surface area contributed by atoms with Gasteiger partial charge in [0.2, 0.25) is 0 Å². The minimum atomic E-state index is 0.562. The molecule has 0 radical (unpaired) electrons. The largest absolute Gasteiger partial charge is 0.342 e. The molecule has 0 amide bonds. The van der Waals surface area contributed by atoms with E-state index in [0.717, 1.165) is 30.7 Å². The van der Waals surface area contributed by atoms with Gasteiger partial charge in [-0.1, -0.05) is 35.9 Å². The monoisotopic (exact) mass is 319 g/mol. The number of hydrogen-bond donors (Lipinski definition) is 1. The van der Waals surface area contributed by atoms with Gasteiger partial charge in [0, 0.05) is 12.5 Å². The Kier molecular flexibility index (Phi) is 4.11. The average molecular weight is 319 g/mol. The van der Waals surface area contributed by atoms with Gasteiger partial charge >= 0.3 is 0 Å². The molecule has 1 N–H and O–H groups in total. The summed E-state index contributed by atoms with van der Waals surface area (Å²) in [7, 11) is 0. The van der Waals surface area contributed by atoms with Crippen molar-refractivity contribution >= 4 is 11.0 Å². The minimum Gasteiger partial charge on any atom is -0.342 e. The molecular formula is C21H25N3. The molecule has 2 heterocycles. The van der Waals surface area contributed by atoms with Crippen LogP contribution in [-0.2, 0) is 6.54 Å². The van der Waals surface area contributed by atoms with Crippen LogP contribution in [0.1, 0.15) is 41.3 Å². The number of hydrogen-bond acceptors (Lipinski definition) is 2. The van der Waals surface area contributed by atoms with Gasteiger partial charge in [-0.25, -0.2) is 4.98 Å². The summed E-state index contributed by atoms with van der Waals surface area (Å²) in [6, 6.07) is 15.1. The van der Waals surface area contributed by atoms with E-state index in [2.05, 4.69) is 66.2 Å². The molecule has 0 unspecified atom stereocenters. The second-order valence-electron chi connectivity index (χ2n) is 7.12. The van der Waals surface area contributed by atoms with Crippen molar-refractivity contribution in [2.75, 3.05) is 13.1 Å². The Morgan fingerprint density at radius 1 is 1.08 bits per heavy atom. The summed E-state index contributed by atoms with van der Waals surface area (Å²) in [5.41, 5.74) is 6.47. The zero-order valence-corrected chi connectivity index (χ0v) is 14.5. The molecule has 1 aliphatic rings. The fourth-order valence-electron chi connectivity index (χ4n) is 3.74. The van der Waals surface area contributed by atoms with E-state index >= 15 is 0 Å². The predicted octanol–water partition coefficient (Wildman–Crippen LogP) is 4.56. The summed E-state index contributed by atoms with van der Waals surface area (Å²) in [5, 5.41) is 0. The molecule has 0 aliphatic carbocycles. The third kappa shape index (κ3) is 3.09. The Morgan fingerprint density at radius 3 is 2.67 bits per heavy atom. The van der Waals surface area contributed by atoms with Crippen LogP contribution in [0.5, 0.6) is 0 Å². The SMILES string of the molecule is Cc1ccc(C)c(CN2CCC(c3nc4ccccc4[nH]3)CC2)c1. The van der Waals surface area contributed by atoms with Gasteiger partial charge in [0.1, 0.15) is 5.82 Å². The molecule has 1 fully saturated rings. The lowest BCUT2D eigenvalue weighted by molar-refractivity contribution is 0.202. The normalized spacial score (nSPS) is 16.8. The zero-order valence-electron chi connectivity index (χ0n) is 14.5. The molecule has 3 aromatic rings. The summed E-state index contributed by atoms with van der Waals surface area (Å²) < 4.78 is 0. The highest BCUT2D eigenvalue weighted by atomic mass is 15.1. The average Bonchev–Trinajstić information content (AvgIpc) is 3.03. The van der Waals surface area contributed by atoms with Gasteiger partial charge in [0.15, 0.2) is 0 Å². The number of rotatable bonds is 3. The lowest BCUT2D eigenvalue weighted by atomic mass is 9.95. The minimum absolute atomic E-state index is 0.562. The number of aryl methyl sites for hydroxylation is 2. The van der Waals surface area contributed by atoms with E-state index in [1.807, 2.05) is 0 Å². The molecule has 0 spiro atoms. The Hall–Kier alpha value is -2.13. The molecule has 2 aromatic carbocycles. The van der Waals surface area contributed by atoms with Gasteiger partial charge in [0.05, 0.1) is 11.0 Å². The van der Waals surface area contributed by atoms with E-state index in [4.69, 9.17) is 4.98 Å². The highest BCUT2D eigenvalue weighted by Gasteiger charge is 2.23. The van der Waals surface area contributed by atoms with E-state index in [-0.39, 0.29) is 0 Å². The quantitative estimate of drug-likeness (QED) is 0.767. The van der Waals surface area contributed by atoms with Crippen LogP contribution < -0.4 is 0 Å². The fraction of sp³-hybridized carbons (Fsp3) is 0.381. The third-order valence-electron chi connectivity index (χ3n) is 5.28. The van der Waals surface area contributed by atoms with Gasteiger partial charge in [-0.15, -0.1) is 0 Å². The van der Waals surface area contributed by atoms with Crippen molar-refractivity contribution in [1.82, 2.24) is 14.9 Å². The molecule has 0 atom stereocenters. The number of piperidine rings is 1. The van der Waals surface area contributed by atoms with Crippen LogP contribution in [0.4, 0.5) is 0 Å². The first-order valence-electron chi connectivity index (χ1n) is 8.92. The highest BCUT2D eigenvalue weighted by Crippen LogP contribution is 2.28. The van der Waals surface area contributed by atoms with Crippen molar-refractivity contribution in [3.05, 3.63) is 65.0 Å². The molecule has 4 rings (SSSR count). The van der Waals surface area contributed by atoms with Crippen LogP contribution in [0.25, 0.3) is 11.0 Å². The number of aromatic amines is 1. The van der Waals surface area contributed by atoms with Crippen LogP contribution in [0.3, 0.4) is 0 Å². The molecule has 1 saturated heterocycles. The number of benzene rings is 2. The van der Waals surface area contributed by atoms with Gasteiger partial charge in [-0.2, -0.15) is 0 Å². The maximum atomic E-state index is 4.80. The van der Waals surface area contributed by atoms with Crippen molar-refractivity contribution in [1.29, 1.82) is 0 Å². The van der Waals surface area contributed by atoms with E-state index in [0.29, 0.717) is 5.92 Å². The number of H-pyrrole nitrogens is 1. The number of imidazole rings is 1. The summed E-state index contributed by atoms with van der Waals surface area (Å²) in [5.74, 6) is 1.73. The standard InChI is InChI=1S/C21H25N3/c1-15-7-8-16(2)18(13-15)14-24-11-9-17(10-12-24)21-22-19-5-3-4-6-20(19)23-21/h3-8,13,17H,9-12,14H2,1-2H3,(H,22,23). The number of nitrogens with one attached hydrogen (secondary N) is 1.